The molecule has 0 aliphatic heterocycles. The molecule has 0 saturated carbocycles. The Hall–Kier alpha value is -1.71. The van der Waals surface area contributed by atoms with Crippen molar-refractivity contribution in [2.75, 3.05) is 17.7 Å². The van der Waals surface area contributed by atoms with Gasteiger partial charge >= 0.3 is 6.09 Å². The molecular formula is C12H18N2O2. The summed E-state index contributed by atoms with van der Waals surface area (Å²) in [6.45, 7) is 6.19. The molecule has 1 aromatic carbocycles. The van der Waals surface area contributed by atoms with E-state index in [0.29, 0.717) is 12.3 Å². The standard InChI is InChI=1S/C12H18N2O2/c1-4-5-16-12(15)14-10-6-8(2)11(13)9(3)7-10/h6-7H,4-5,13H2,1-3H3,(H,14,15). The highest BCUT2D eigenvalue weighted by Gasteiger charge is 2.05. The lowest BCUT2D eigenvalue weighted by Crippen LogP contribution is -2.14. The van der Waals surface area contributed by atoms with Gasteiger partial charge in [0.25, 0.3) is 0 Å². The van der Waals surface area contributed by atoms with Gasteiger partial charge in [-0.15, -0.1) is 0 Å². The van der Waals surface area contributed by atoms with Crippen molar-refractivity contribution in [3.63, 3.8) is 0 Å². The first-order valence-electron chi connectivity index (χ1n) is 5.35. The molecule has 0 bridgehead atoms. The van der Waals surface area contributed by atoms with Crippen LogP contribution in [0.2, 0.25) is 0 Å². The highest BCUT2D eigenvalue weighted by molar-refractivity contribution is 5.85. The summed E-state index contributed by atoms with van der Waals surface area (Å²) in [4.78, 5) is 11.3. The third kappa shape index (κ3) is 3.15. The number of ether oxygens (including phenoxy) is 1. The molecule has 0 fully saturated rings. The zero-order valence-corrected chi connectivity index (χ0v) is 9.96. The van der Waals surface area contributed by atoms with Crippen LogP contribution in [0.25, 0.3) is 0 Å². The number of rotatable bonds is 3. The van der Waals surface area contributed by atoms with Crippen molar-refractivity contribution in [3.8, 4) is 0 Å². The van der Waals surface area contributed by atoms with Crippen molar-refractivity contribution < 1.29 is 9.53 Å². The van der Waals surface area contributed by atoms with Gasteiger partial charge in [0, 0.05) is 11.4 Å². The third-order valence-corrected chi connectivity index (χ3v) is 2.28. The summed E-state index contributed by atoms with van der Waals surface area (Å²) < 4.78 is 4.92. The zero-order valence-electron chi connectivity index (χ0n) is 9.96. The van der Waals surface area contributed by atoms with Gasteiger partial charge in [-0.05, 0) is 43.5 Å². The summed E-state index contributed by atoms with van der Waals surface area (Å²) in [6, 6.07) is 3.66. The molecule has 0 saturated heterocycles. The summed E-state index contributed by atoms with van der Waals surface area (Å²) in [5, 5.41) is 2.67. The maximum absolute atomic E-state index is 11.3. The lowest BCUT2D eigenvalue weighted by Gasteiger charge is -2.10. The predicted octanol–water partition coefficient (Wildman–Crippen LogP) is 2.84. The first kappa shape index (κ1) is 12.4. The minimum absolute atomic E-state index is 0.426. The lowest BCUT2D eigenvalue weighted by atomic mass is 10.1. The number of anilines is 2. The number of hydrogen-bond donors (Lipinski definition) is 2. The molecule has 0 atom stereocenters. The van der Waals surface area contributed by atoms with Crippen LogP contribution in [0.3, 0.4) is 0 Å². The summed E-state index contributed by atoms with van der Waals surface area (Å²) in [5.41, 5.74) is 9.19. The van der Waals surface area contributed by atoms with E-state index in [1.54, 1.807) is 0 Å². The van der Waals surface area contributed by atoms with Gasteiger partial charge in [-0.1, -0.05) is 6.92 Å². The fourth-order valence-electron chi connectivity index (χ4n) is 1.40. The number of aryl methyl sites for hydroxylation is 2. The van der Waals surface area contributed by atoms with Crippen molar-refractivity contribution in [2.24, 2.45) is 0 Å². The third-order valence-electron chi connectivity index (χ3n) is 2.28. The summed E-state index contributed by atoms with van der Waals surface area (Å²) in [7, 11) is 0. The lowest BCUT2D eigenvalue weighted by molar-refractivity contribution is 0.161. The van der Waals surface area contributed by atoms with E-state index in [0.717, 1.165) is 23.2 Å². The van der Waals surface area contributed by atoms with Gasteiger partial charge in [-0.2, -0.15) is 0 Å². The maximum atomic E-state index is 11.3. The maximum Gasteiger partial charge on any atom is 0.411 e. The van der Waals surface area contributed by atoms with Crippen LogP contribution in [0.15, 0.2) is 12.1 Å². The fraction of sp³-hybridized carbons (Fsp3) is 0.417. The SMILES string of the molecule is CCCOC(=O)Nc1cc(C)c(N)c(C)c1. The molecule has 0 aliphatic carbocycles. The molecule has 88 valence electrons. The summed E-state index contributed by atoms with van der Waals surface area (Å²) in [5.74, 6) is 0. The van der Waals surface area contributed by atoms with Crippen molar-refractivity contribution in [1.82, 2.24) is 0 Å². The van der Waals surface area contributed by atoms with E-state index < -0.39 is 6.09 Å². The van der Waals surface area contributed by atoms with E-state index in [9.17, 15) is 4.79 Å². The topological polar surface area (TPSA) is 64.3 Å². The number of hydrogen-bond acceptors (Lipinski definition) is 3. The first-order valence-corrected chi connectivity index (χ1v) is 5.35. The molecule has 1 aromatic rings. The van der Waals surface area contributed by atoms with Crippen molar-refractivity contribution in [2.45, 2.75) is 27.2 Å². The van der Waals surface area contributed by atoms with E-state index in [4.69, 9.17) is 10.5 Å². The van der Waals surface area contributed by atoms with Crippen LogP contribution in [0, 0.1) is 13.8 Å². The molecule has 0 spiro atoms. The van der Waals surface area contributed by atoms with E-state index in [-0.39, 0.29) is 0 Å². The van der Waals surface area contributed by atoms with Crippen LogP contribution >= 0.6 is 0 Å². The summed E-state index contributed by atoms with van der Waals surface area (Å²) in [6.07, 6.45) is 0.387. The number of benzene rings is 1. The largest absolute Gasteiger partial charge is 0.449 e. The second kappa shape index (κ2) is 5.39. The molecule has 4 nitrogen and oxygen atoms in total. The Kier molecular flexibility index (Phi) is 4.17. The summed E-state index contributed by atoms with van der Waals surface area (Å²) >= 11 is 0. The smallest absolute Gasteiger partial charge is 0.411 e. The van der Waals surface area contributed by atoms with Crippen molar-refractivity contribution in [1.29, 1.82) is 0 Å². The van der Waals surface area contributed by atoms with Crippen LogP contribution in [0.5, 0.6) is 0 Å². The quantitative estimate of drug-likeness (QED) is 0.773. The Morgan fingerprint density at radius 1 is 1.38 bits per heavy atom. The van der Waals surface area contributed by atoms with Gasteiger partial charge in [0.1, 0.15) is 0 Å². The normalized spacial score (nSPS) is 9.94. The predicted molar refractivity (Wildman–Crippen MR) is 65.6 cm³/mol. The molecular weight excluding hydrogens is 204 g/mol. The van der Waals surface area contributed by atoms with E-state index in [2.05, 4.69) is 5.32 Å². The average Bonchev–Trinajstić information content (AvgIpc) is 2.23. The van der Waals surface area contributed by atoms with E-state index in [1.165, 1.54) is 0 Å². The molecule has 3 N–H and O–H groups in total. The molecule has 0 aromatic heterocycles. The Labute approximate surface area is 95.8 Å². The van der Waals surface area contributed by atoms with Gasteiger partial charge in [-0.25, -0.2) is 4.79 Å². The molecule has 4 heteroatoms. The molecule has 1 amide bonds. The van der Waals surface area contributed by atoms with Gasteiger partial charge in [-0.3, -0.25) is 5.32 Å². The van der Waals surface area contributed by atoms with E-state index >= 15 is 0 Å². The molecule has 0 aliphatic rings. The second-order valence-electron chi connectivity index (χ2n) is 3.78. The molecule has 1 rings (SSSR count). The van der Waals surface area contributed by atoms with Crippen molar-refractivity contribution in [3.05, 3.63) is 23.3 Å². The number of nitrogen functional groups attached to an aromatic ring is 1. The van der Waals surface area contributed by atoms with Crippen LogP contribution in [0.1, 0.15) is 24.5 Å². The Morgan fingerprint density at radius 3 is 2.44 bits per heavy atom. The van der Waals surface area contributed by atoms with Crippen LogP contribution in [0.4, 0.5) is 16.2 Å². The molecule has 0 heterocycles. The Bertz CT molecular complexity index is 366. The number of nitrogens with two attached hydrogens (primary N) is 1. The average molecular weight is 222 g/mol. The Balaban J connectivity index is 2.71. The monoisotopic (exact) mass is 222 g/mol. The molecule has 16 heavy (non-hydrogen) atoms. The second-order valence-corrected chi connectivity index (χ2v) is 3.78. The number of nitrogens with one attached hydrogen (secondary N) is 1. The van der Waals surface area contributed by atoms with E-state index in [1.807, 2.05) is 32.9 Å². The van der Waals surface area contributed by atoms with Gasteiger partial charge < -0.3 is 10.5 Å². The van der Waals surface area contributed by atoms with Crippen LogP contribution in [-0.2, 0) is 4.74 Å². The number of carbonyl (C=O) groups excluding carboxylic acids is 1. The number of amides is 1. The Morgan fingerprint density at radius 2 is 1.94 bits per heavy atom. The van der Waals surface area contributed by atoms with Gasteiger partial charge in [0.05, 0.1) is 6.61 Å². The highest BCUT2D eigenvalue weighted by Crippen LogP contribution is 2.21. The first-order chi connectivity index (χ1) is 7.54. The minimum Gasteiger partial charge on any atom is -0.449 e. The number of carbonyl (C=O) groups is 1. The van der Waals surface area contributed by atoms with Crippen LogP contribution < -0.4 is 11.1 Å². The highest BCUT2D eigenvalue weighted by atomic mass is 16.5. The minimum atomic E-state index is -0.426. The molecule has 0 unspecified atom stereocenters. The van der Waals surface area contributed by atoms with Crippen molar-refractivity contribution >= 4 is 17.5 Å². The zero-order chi connectivity index (χ0) is 12.1. The van der Waals surface area contributed by atoms with Crippen LogP contribution in [-0.4, -0.2) is 12.7 Å². The van der Waals surface area contributed by atoms with Gasteiger partial charge in [0.2, 0.25) is 0 Å². The van der Waals surface area contributed by atoms with Gasteiger partial charge in [0.15, 0.2) is 0 Å². The molecule has 0 radical (unpaired) electrons. The fourth-order valence-corrected chi connectivity index (χ4v) is 1.40.